The van der Waals surface area contributed by atoms with Crippen LogP contribution in [0.4, 0.5) is 16.3 Å². The highest BCUT2D eigenvalue weighted by atomic mass is 16.2. The number of hydrogen-bond acceptors (Lipinski definition) is 3. The monoisotopic (exact) mass is 304 g/mol. The van der Waals surface area contributed by atoms with Gasteiger partial charge in [0, 0.05) is 12.6 Å². The van der Waals surface area contributed by atoms with E-state index in [1.807, 2.05) is 12.1 Å². The van der Waals surface area contributed by atoms with Gasteiger partial charge in [0.05, 0.1) is 11.9 Å². The van der Waals surface area contributed by atoms with E-state index in [1.54, 1.807) is 6.20 Å². The van der Waals surface area contributed by atoms with Crippen molar-refractivity contribution in [3.8, 4) is 0 Å². The van der Waals surface area contributed by atoms with Gasteiger partial charge in [0.2, 0.25) is 0 Å². The molecule has 0 atom stereocenters. The van der Waals surface area contributed by atoms with Crippen molar-refractivity contribution in [1.29, 1.82) is 0 Å². The highest BCUT2D eigenvalue weighted by Gasteiger charge is 2.15. The molecule has 1 fully saturated rings. The Morgan fingerprint density at radius 2 is 2.05 bits per heavy atom. The second-order valence-corrected chi connectivity index (χ2v) is 6.00. The van der Waals surface area contributed by atoms with Crippen LogP contribution in [0.25, 0.3) is 0 Å². The lowest BCUT2D eigenvalue weighted by atomic mass is 9.96. The number of urea groups is 1. The Labute approximate surface area is 133 Å². The predicted molar refractivity (Wildman–Crippen MR) is 91.3 cm³/mol. The molecule has 22 heavy (non-hydrogen) atoms. The second kappa shape index (κ2) is 9.28. The molecule has 0 unspecified atom stereocenters. The van der Waals surface area contributed by atoms with Crippen molar-refractivity contribution < 1.29 is 4.79 Å². The summed E-state index contributed by atoms with van der Waals surface area (Å²) in [5.41, 5.74) is 0.995. The third-order valence-electron chi connectivity index (χ3n) is 4.05. The number of anilines is 2. The van der Waals surface area contributed by atoms with Gasteiger partial charge in [-0.05, 0) is 31.4 Å². The smallest absolute Gasteiger partial charge is 0.320 e. The van der Waals surface area contributed by atoms with E-state index < -0.39 is 0 Å². The summed E-state index contributed by atoms with van der Waals surface area (Å²) >= 11 is 0. The maximum atomic E-state index is 11.9. The summed E-state index contributed by atoms with van der Waals surface area (Å²) in [4.78, 5) is 16.2. The summed E-state index contributed by atoms with van der Waals surface area (Å²) in [5.74, 6) is 0.590. The van der Waals surface area contributed by atoms with E-state index >= 15 is 0 Å². The molecule has 5 nitrogen and oxygen atoms in total. The van der Waals surface area contributed by atoms with Crippen LogP contribution in [0.5, 0.6) is 0 Å². The number of amides is 2. The normalized spacial score (nSPS) is 15.3. The number of aromatic nitrogens is 1. The lowest BCUT2D eigenvalue weighted by Crippen LogP contribution is -2.39. The zero-order valence-electron chi connectivity index (χ0n) is 13.5. The summed E-state index contributed by atoms with van der Waals surface area (Å²) in [5, 5.41) is 9.16. The highest BCUT2D eigenvalue weighted by molar-refractivity contribution is 5.88. The van der Waals surface area contributed by atoms with Gasteiger partial charge in [0.1, 0.15) is 5.82 Å². The van der Waals surface area contributed by atoms with Gasteiger partial charge < -0.3 is 10.6 Å². The summed E-state index contributed by atoms with van der Waals surface area (Å²) in [6.07, 6.45) is 11.3. The van der Waals surface area contributed by atoms with Crippen molar-refractivity contribution in [2.75, 3.05) is 17.2 Å². The Kier molecular flexibility index (Phi) is 7.00. The van der Waals surface area contributed by atoms with Crippen LogP contribution in [0, 0.1) is 0 Å². The summed E-state index contributed by atoms with van der Waals surface area (Å²) in [7, 11) is 0. The van der Waals surface area contributed by atoms with Crippen LogP contribution < -0.4 is 16.0 Å². The van der Waals surface area contributed by atoms with Crippen molar-refractivity contribution in [2.45, 2.75) is 64.3 Å². The van der Waals surface area contributed by atoms with Gasteiger partial charge in [0.25, 0.3) is 0 Å². The van der Waals surface area contributed by atoms with Crippen LogP contribution >= 0.6 is 0 Å². The van der Waals surface area contributed by atoms with Gasteiger partial charge in [-0.25, -0.2) is 9.78 Å². The Balaban J connectivity index is 1.71. The number of rotatable bonds is 7. The van der Waals surface area contributed by atoms with Crippen molar-refractivity contribution in [3.05, 3.63) is 18.3 Å². The predicted octanol–water partition coefficient (Wildman–Crippen LogP) is 4.14. The standard InChI is InChI=1S/C17H28N4O/c1-2-3-7-12-18-15-10-11-16(19-13-15)21-17(22)20-14-8-5-4-6-9-14/h10-11,13-14,18H,2-9,12H2,1H3,(H2,19,20,21,22). The van der Waals surface area contributed by atoms with E-state index in [0.717, 1.165) is 25.1 Å². The molecule has 0 aliphatic heterocycles. The van der Waals surface area contributed by atoms with Crippen molar-refractivity contribution in [1.82, 2.24) is 10.3 Å². The number of nitrogens with one attached hydrogen (secondary N) is 3. The van der Waals surface area contributed by atoms with E-state index in [4.69, 9.17) is 0 Å². The fourth-order valence-corrected chi connectivity index (χ4v) is 2.76. The molecule has 2 amide bonds. The lowest BCUT2D eigenvalue weighted by Gasteiger charge is -2.22. The Hall–Kier alpha value is -1.78. The number of carbonyl (C=O) groups is 1. The van der Waals surface area contributed by atoms with Crippen molar-refractivity contribution in [3.63, 3.8) is 0 Å². The largest absolute Gasteiger partial charge is 0.384 e. The average molecular weight is 304 g/mol. The summed E-state index contributed by atoms with van der Waals surface area (Å²) in [6.45, 7) is 3.16. The highest BCUT2D eigenvalue weighted by Crippen LogP contribution is 2.17. The van der Waals surface area contributed by atoms with Crippen LogP contribution in [0.1, 0.15) is 58.3 Å². The Morgan fingerprint density at radius 1 is 1.23 bits per heavy atom. The molecule has 1 aliphatic carbocycles. The number of unbranched alkanes of at least 4 members (excludes halogenated alkanes) is 2. The summed E-state index contributed by atoms with van der Waals surface area (Å²) < 4.78 is 0. The quantitative estimate of drug-likeness (QED) is 0.663. The fraction of sp³-hybridized carbons (Fsp3) is 0.647. The third kappa shape index (κ3) is 5.92. The molecule has 1 aromatic rings. The molecule has 0 bridgehead atoms. The first-order valence-corrected chi connectivity index (χ1v) is 8.55. The lowest BCUT2D eigenvalue weighted by molar-refractivity contribution is 0.244. The van der Waals surface area contributed by atoms with E-state index in [2.05, 4.69) is 27.9 Å². The fourth-order valence-electron chi connectivity index (χ4n) is 2.76. The molecule has 1 saturated carbocycles. The zero-order chi connectivity index (χ0) is 15.6. The second-order valence-electron chi connectivity index (χ2n) is 6.00. The SMILES string of the molecule is CCCCCNc1ccc(NC(=O)NC2CCCCC2)nc1. The summed E-state index contributed by atoms with van der Waals surface area (Å²) in [6, 6.07) is 3.95. The topological polar surface area (TPSA) is 66.0 Å². The molecule has 1 aliphatic rings. The van der Waals surface area contributed by atoms with Crippen LogP contribution in [-0.4, -0.2) is 23.6 Å². The average Bonchev–Trinajstić information content (AvgIpc) is 2.54. The third-order valence-corrected chi connectivity index (χ3v) is 4.05. The van der Waals surface area contributed by atoms with Crippen LogP contribution in [0.3, 0.4) is 0 Å². The number of nitrogens with zero attached hydrogens (tertiary/aromatic N) is 1. The molecule has 2 rings (SSSR count). The first kappa shape index (κ1) is 16.6. The maximum absolute atomic E-state index is 11.9. The molecule has 3 N–H and O–H groups in total. The molecule has 1 aromatic heterocycles. The van der Waals surface area contributed by atoms with E-state index in [1.165, 1.54) is 38.5 Å². The van der Waals surface area contributed by atoms with Crippen LogP contribution in [0.15, 0.2) is 18.3 Å². The molecule has 0 aromatic carbocycles. The molecular formula is C17H28N4O. The van der Waals surface area contributed by atoms with Gasteiger partial charge in [-0.2, -0.15) is 0 Å². The molecule has 0 radical (unpaired) electrons. The van der Waals surface area contributed by atoms with Crippen LogP contribution in [-0.2, 0) is 0 Å². The molecule has 122 valence electrons. The van der Waals surface area contributed by atoms with Gasteiger partial charge in [-0.1, -0.05) is 39.0 Å². The molecule has 0 spiro atoms. The molecular weight excluding hydrogens is 276 g/mol. The number of carbonyl (C=O) groups excluding carboxylic acids is 1. The van der Waals surface area contributed by atoms with E-state index in [9.17, 15) is 4.79 Å². The van der Waals surface area contributed by atoms with Gasteiger partial charge in [-0.15, -0.1) is 0 Å². The number of pyridine rings is 1. The zero-order valence-corrected chi connectivity index (χ0v) is 13.5. The minimum absolute atomic E-state index is 0.150. The van der Waals surface area contributed by atoms with Gasteiger partial charge in [0.15, 0.2) is 0 Å². The van der Waals surface area contributed by atoms with Crippen molar-refractivity contribution >= 4 is 17.5 Å². The van der Waals surface area contributed by atoms with Gasteiger partial charge >= 0.3 is 6.03 Å². The van der Waals surface area contributed by atoms with Gasteiger partial charge in [-0.3, -0.25) is 5.32 Å². The first-order valence-electron chi connectivity index (χ1n) is 8.55. The van der Waals surface area contributed by atoms with Crippen LogP contribution in [0.2, 0.25) is 0 Å². The number of hydrogen-bond donors (Lipinski definition) is 3. The van der Waals surface area contributed by atoms with Crippen molar-refractivity contribution in [2.24, 2.45) is 0 Å². The Bertz CT molecular complexity index is 440. The molecule has 1 heterocycles. The first-order chi connectivity index (χ1) is 10.8. The minimum Gasteiger partial charge on any atom is -0.384 e. The van der Waals surface area contributed by atoms with E-state index in [-0.39, 0.29) is 6.03 Å². The molecule has 0 saturated heterocycles. The Morgan fingerprint density at radius 3 is 2.73 bits per heavy atom. The molecule has 5 heteroatoms. The van der Waals surface area contributed by atoms with E-state index in [0.29, 0.717) is 11.9 Å². The maximum Gasteiger partial charge on any atom is 0.320 e. The minimum atomic E-state index is -0.150.